The van der Waals surface area contributed by atoms with Gasteiger partial charge in [-0.15, -0.1) is 0 Å². The fraction of sp³-hybridized carbons (Fsp3) is 0.500. The monoisotopic (exact) mass is 253 g/mol. The molecule has 1 fully saturated rings. The van der Waals surface area contributed by atoms with Crippen molar-refractivity contribution in [1.29, 1.82) is 0 Å². The number of nitrogens with two attached hydrogens (primary N) is 1. The van der Waals surface area contributed by atoms with Crippen molar-refractivity contribution in [3.8, 4) is 0 Å². The normalized spacial score (nSPS) is 20.2. The summed E-state index contributed by atoms with van der Waals surface area (Å²) in [6.45, 7) is 2.74. The molecule has 1 saturated heterocycles. The molecule has 0 radical (unpaired) electrons. The van der Waals surface area contributed by atoms with Crippen LogP contribution in [0.5, 0.6) is 0 Å². The maximum Gasteiger partial charge on any atom is 0.305 e. The second-order valence-electron chi connectivity index (χ2n) is 4.63. The standard InChI is InChI=1S/C12H16FN3O2/c13-12-10(2-1-3-11(12)16(17)18)8-15-5-4-9(6-14)7-15/h1-3,9H,4-8,14H2. The first-order chi connectivity index (χ1) is 8.61. The molecule has 0 amide bonds. The molecule has 1 heterocycles. The van der Waals surface area contributed by atoms with Crippen molar-refractivity contribution < 1.29 is 9.31 Å². The van der Waals surface area contributed by atoms with Crippen LogP contribution >= 0.6 is 0 Å². The summed E-state index contributed by atoms with van der Waals surface area (Å²) in [5, 5.41) is 10.6. The van der Waals surface area contributed by atoms with Gasteiger partial charge in [-0.2, -0.15) is 4.39 Å². The summed E-state index contributed by atoms with van der Waals surface area (Å²) in [6, 6.07) is 4.30. The summed E-state index contributed by atoms with van der Waals surface area (Å²) in [6.07, 6.45) is 1.01. The van der Waals surface area contributed by atoms with Crippen LogP contribution in [0.3, 0.4) is 0 Å². The summed E-state index contributed by atoms with van der Waals surface area (Å²) in [5.41, 5.74) is 5.51. The van der Waals surface area contributed by atoms with Crippen molar-refractivity contribution >= 4 is 5.69 Å². The van der Waals surface area contributed by atoms with Gasteiger partial charge in [-0.1, -0.05) is 12.1 Å². The second-order valence-corrected chi connectivity index (χ2v) is 4.63. The van der Waals surface area contributed by atoms with Gasteiger partial charge in [0.2, 0.25) is 5.82 Å². The largest absolute Gasteiger partial charge is 0.330 e. The van der Waals surface area contributed by atoms with Crippen molar-refractivity contribution in [2.24, 2.45) is 11.7 Å². The Morgan fingerprint density at radius 2 is 2.33 bits per heavy atom. The summed E-state index contributed by atoms with van der Waals surface area (Å²) in [7, 11) is 0. The van der Waals surface area contributed by atoms with Crippen LogP contribution in [0.25, 0.3) is 0 Å². The Morgan fingerprint density at radius 1 is 1.56 bits per heavy atom. The minimum absolute atomic E-state index is 0.377. The number of nitro groups is 1. The molecule has 0 aromatic heterocycles. The third-order valence-corrected chi connectivity index (χ3v) is 3.35. The van der Waals surface area contributed by atoms with Crippen LogP contribution in [0.4, 0.5) is 10.1 Å². The fourth-order valence-corrected chi connectivity index (χ4v) is 2.32. The molecule has 0 spiro atoms. The molecular weight excluding hydrogens is 237 g/mol. The molecule has 1 unspecified atom stereocenters. The van der Waals surface area contributed by atoms with Crippen LogP contribution in [0.2, 0.25) is 0 Å². The molecule has 1 aromatic rings. The Bertz CT molecular complexity index is 453. The van der Waals surface area contributed by atoms with Gasteiger partial charge >= 0.3 is 5.69 Å². The Hall–Kier alpha value is -1.53. The first kappa shape index (κ1) is 12.9. The summed E-state index contributed by atoms with van der Waals surface area (Å²) >= 11 is 0. The summed E-state index contributed by atoms with van der Waals surface area (Å²) in [4.78, 5) is 12.0. The Morgan fingerprint density at radius 3 is 2.94 bits per heavy atom. The lowest BCUT2D eigenvalue weighted by molar-refractivity contribution is -0.387. The topological polar surface area (TPSA) is 72.4 Å². The first-order valence-electron chi connectivity index (χ1n) is 5.96. The van der Waals surface area contributed by atoms with E-state index in [0.717, 1.165) is 19.5 Å². The molecule has 0 saturated carbocycles. The quantitative estimate of drug-likeness (QED) is 0.652. The number of hydrogen-bond donors (Lipinski definition) is 1. The van der Waals surface area contributed by atoms with Crippen molar-refractivity contribution in [2.75, 3.05) is 19.6 Å². The molecule has 98 valence electrons. The van der Waals surface area contributed by atoms with E-state index >= 15 is 0 Å². The van der Waals surface area contributed by atoms with Crippen LogP contribution < -0.4 is 5.73 Å². The number of likely N-dealkylation sites (tertiary alicyclic amines) is 1. The minimum Gasteiger partial charge on any atom is -0.330 e. The average Bonchev–Trinajstić information content (AvgIpc) is 2.79. The predicted octanol–water partition coefficient (Wildman–Crippen LogP) is 1.51. The van der Waals surface area contributed by atoms with E-state index in [4.69, 9.17) is 5.73 Å². The lowest BCUT2D eigenvalue weighted by atomic mass is 10.1. The first-order valence-corrected chi connectivity index (χ1v) is 5.96. The lowest BCUT2D eigenvalue weighted by Gasteiger charge is -2.15. The second kappa shape index (κ2) is 5.41. The van der Waals surface area contributed by atoms with E-state index < -0.39 is 16.4 Å². The molecule has 1 aliphatic rings. The molecule has 18 heavy (non-hydrogen) atoms. The molecule has 2 N–H and O–H groups in total. The molecule has 2 rings (SSSR count). The molecule has 1 atom stereocenters. The van der Waals surface area contributed by atoms with E-state index in [-0.39, 0.29) is 0 Å². The molecular formula is C12H16FN3O2. The van der Waals surface area contributed by atoms with E-state index in [9.17, 15) is 14.5 Å². The van der Waals surface area contributed by atoms with Gasteiger partial charge in [0.1, 0.15) is 0 Å². The van der Waals surface area contributed by atoms with Gasteiger partial charge in [-0.05, 0) is 25.4 Å². The van der Waals surface area contributed by atoms with Crippen molar-refractivity contribution in [1.82, 2.24) is 4.90 Å². The molecule has 0 aliphatic carbocycles. The zero-order valence-corrected chi connectivity index (χ0v) is 10.0. The molecule has 6 heteroatoms. The highest BCUT2D eigenvalue weighted by molar-refractivity contribution is 5.36. The molecule has 1 aliphatic heterocycles. The van der Waals surface area contributed by atoms with Crippen LogP contribution in [0.1, 0.15) is 12.0 Å². The third kappa shape index (κ3) is 2.65. The Kier molecular flexibility index (Phi) is 3.88. The number of nitro benzene ring substituents is 1. The number of nitrogens with zero attached hydrogens (tertiary/aromatic N) is 2. The highest BCUT2D eigenvalue weighted by Crippen LogP contribution is 2.23. The SMILES string of the molecule is NCC1CCN(Cc2cccc([N+](=O)[O-])c2F)C1. The van der Waals surface area contributed by atoms with Gasteiger partial charge < -0.3 is 5.73 Å². The van der Waals surface area contributed by atoms with Crippen molar-refractivity contribution in [3.63, 3.8) is 0 Å². The number of hydrogen-bond acceptors (Lipinski definition) is 4. The number of halogens is 1. The van der Waals surface area contributed by atoms with Gasteiger partial charge in [0.05, 0.1) is 4.92 Å². The zero-order chi connectivity index (χ0) is 13.1. The predicted molar refractivity (Wildman–Crippen MR) is 65.5 cm³/mol. The van der Waals surface area contributed by atoms with Gasteiger partial charge in [-0.25, -0.2) is 0 Å². The lowest BCUT2D eigenvalue weighted by Crippen LogP contribution is -2.23. The van der Waals surface area contributed by atoms with Gasteiger partial charge in [0.25, 0.3) is 0 Å². The number of rotatable bonds is 4. The van der Waals surface area contributed by atoms with Gasteiger partial charge in [0, 0.05) is 24.7 Å². The molecule has 5 nitrogen and oxygen atoms in total. The third-order valence-electron chi connectivity index (χ3n) is 3.35. The Labute approximate surface area is 105 Å². The van der Waals surface area contributed by atoms with Crippen molar-refractivity contribution in [3.05, 3.63) is 39.7 Å². The maximum absolute atomic E-state index is 13.9. The van der Waals surface area contributed by atoms with Crippen LogP contribution in [0.15, 0.2) is 18.2 Å². The highest BCUT2D eigenvalue weighted by atomic mass is 19.1. The van der Waals surface area contributed by atoms with E-state index in [2.05, 4.69) is 4.90 Å². The van der Waals surface area contributed by atoms with E-state index in [1.807, 2.05) is 0 Å². The minimum atomic E-state index is -0.723. The maximum atomic E-state index is 13.9. The van der Waals surface area contributed by atoms with Crippen molar-refractivity contribution in [2.45, 2.75) is 13.0 Å². The average molecular weight is 253 g/mol. The fourth-order valence-electron chi connectivity index (χ4n) is 2.32. The van der Waals surface area contributed by atoms with Gasteiger partial charge in [0.15, 0.2) is 0 Å². The Balaban J connectivity index is 2.10. The van der Waals surface area contributed by atoms with E-state index in [1.54, 1.807) is 6.07 Å². The highest BCUT2D eigenvalue weighted by Gasteiger charge is 2.24. The summed E-state index contributed by atoms with van der Waals surface area (Å²) < 4.78 is 13.9. The van der Waals surface area contributed by atoms with E-state index in [1.165, 1.54) is 12.1 Å². The summed E-state index contributed by atoms with van der Waals surface area (Å²) in [5.74, 6) is -0.273. The van der Waals surface area contributed by atoms with Crippen LogP contribution in [-0.2, 0) is 6.54 Å². The van der Waals surface area contributed by atoms with Crippen LogP contribution in [0, 0.1) is 21.8 Å². The van der Waals surface area contributed by atoms with E-state index in [0.29, 0.717) is 24.6 Å². The molecule has 1 aromatic carbocycles. The zero-order valence-electron chi connectivity index (χ0n) is 10.0. The smallest absolute Gasteiger partial charge is 0.305 e. The molecule has 0 bridgehead atoms. The number of benzene rings is 1. The van der Waals surface area contributed by atoms with Gasteiger partial charge in [-0.3, -0.25) is 15.0 Å². The van der Waals surface area contributed by atoms with Crippen LogP contribution in [-0.4, -0.2) is 29.5 Å².